The third-order valence-corrected chi connectivity index (χ3v) is 3.85. The number of aliphatic hydroxyl groups is 1. The first-order valence-corrected chi connectivity index (χ1v) is 6.78. The largest absolute Gasteiger partial charge is 0.465 e. The number of benzene rings is 1. The van der Waals surface area contributed by atoms with Crippen LogP contribution in [0.4, 0.5) is 4.39 Å². The number of ether oxygens (including phenoxy) is 1. The van der Waals surface area contributed by atoms with E-state index in [1.807, 2.05) is 6.92 Å². The number of piperidine rings is 1. The number of carbonyl (C=O) groups excluding carboxylic acids is 1. The molecule has 110 valence electrons. The number of hydrogen-bond acceptors (Lipinski definition) is 4. The van der Waals surface area contributed by atoms with E-state index in [0.717, 1.165) is 18.5 Å². The Hall–Kier alpha value is -1.46. The van der Waals surface area contributed by atoms with Crippen LogP contribution in [0.25, 0.3) is 0 Å². The van der Waals surface area contributed by atoms with E-state index in [1.54, 1.807) is 6.07 Å². The van der Waals surface area contributed by atoms with E-state index in [2.05, 4.69) is 9.64 Å². The highest BCUT2D eigenvalue weighted by molar-refractivity contribution is 5.89. The van der Waals surface area contributed by atoms with Crippen molar-refractivity contribution in [3.63, 3.8) is 0 Å². The molecule has 0 amide bonds. The molecule has 0 spiro atoms. The van der Waals surface area contributed by atoms with Gasteiger partial charge in [-0.25, -0.2) is 9.18 Å². The summed E-state index contributed by atoms with van der Waals surface area (Å²) in [7, 11) is 1.23. The van der Waals surface area contributed by atoms with Gasteiger partial charge in [-0.2, -0.15) is 0 Å². The van der Waals surface area contributed by atoms with Crippen LogP contribution in [0.3, 0.4) is 0 Å². The fourth-order valence-corrected chi connectivity index (χ4v) is 2.45. The molecule has 5 heteroatoms. The van der Waals surface area contributed by atoms with E-state index >= 15 is 0 Å². The lowest BCUT2D eigenvalue weighted by atomic mass is 9.95. The number of hydrogen-bond donors (Lipinski definition) is 1. The quantitative estimate of drug-likeness (QED) is 0.859. The topological polar surface area (TPSA) is 49.8 Å². The smallest absolute Gasteiger partial charge is 0.340 e. The van der Waals surface area contributed by atoms with Gasteiger partial charge in [0.1, 0.15) is 5.82 Å². The predicted molar refractivity (Wildman–Crippen MR) is 72.8 cm³/mol. The zero-order chi connectivity index (χ0) is 14.7. The molecule has 2 rings (SSSR count). The van der Waals surface area contributed by atoms with E-state index in [9.17, 15) is 14.3 Å². The Morgan fingerprint density at radius 3 is 2.90 bits per heavy atom. The van der Waals surface area contributed by atoms with Crippen LogP contribution in [0.1, 0.15) is 29.3 Å². The van der Waals surface area contributed by atoms with Crippen LogP contribution in [0.5, 0.6) is 0 Å². The Morgan fingerprint density at radius 2 is 2.30 bits per heavy atom. The lowest BCUT2D eigenvalue weighted by molar-refractivity contribution is 0.0259. The van der Waals surface area contributed by atoms with Crippen molar-refractivity contribution >= 4 is 5.97 Å². The molecule has 1 aromatic rings. The standard InChI is InChI=1S/C15H20FNO3/c1-10-5-6-17(9-14(10)18)8-11-3-4-12(13(16)7-11)15(19)20-2/h3-4,7,10,14,18H,5-6,8-9H2,1-2H3. The first-order valence-electron chi connectivity index (χ1n) is 6.78. The van der Waals surface area contributed by atoms with Crippen molar-refractivity contribution in [3.05, 3.63) is 35.1 Å². The number of esters is 1. The van der Waals surface area contributed by atoms with E-state index in [0.29, 0.717) is 19.0 Å². The maximum absolute atomic E-state index is 13.8. The molecule has 0 bridgehead atoms. The Labute approximate surface area is 118 Å². The third-order valence-electron chi connectivity index (χ3n) is 3.85. The van der Waals surface area contributed by atoms with Gasteiger partial charge in [0.15, 0.2) is 0 Å². The molecular formula is C15H20FNO3. The second-order valence-electron chi connectivity index (χ2n) is 5.37. The van der Waals surface area contributed by atoms with Gasteiger partial charge in [-0.15, -0.1) is 0 Å². The number of nitrogens with zero attached hydrogens (tertiary/aromatic N) is 1. The highest BCUT2D eigenvalue weighted by atomic mass is 19.1. The van der Waals surface area contributed by atoms with Gasteiger partial charge in [0, 0.05) is 13.1 Å². The van der Waals surface area contributed by atoms with Crippen molar-refractivity contribution in [2.45, 2.75) is 26.0 Å². The fraction of sp³-hybridized carbons (Fsp3) is 0.533. The Bertz CT molecular complexity index is 492. The summed E-state index contributed by atoms with van der Waals surface area (Å²) in [5.41, 5.74) is 0.737. The van der Waals surface area contributed by atoms with Crippen LogP contribution in [-0.4, -0.2) is 42.3 Å². The van der Waals surface area contributed by atoms with E-state index in [1.165, 1.54) is 19.2 Å². The van der Waals surface area contributed by atoms with Gasteiger partial charge in [-0.1, -0.05) is 13.0 Å². The Balaban J connectivity index is 2.04. The van der Waals surface area contributed by atoms with Crippen LogP contribution in [-0.2, 0) is 11.3 Å². The maximum atomic E-state index is 13.8. The molecule has 1 aliphatic heterocycles. The second kappa shape index (κ2) is 6.33. The summed E-state index contributed by atoms with van der Waals surface area (Å²) in [6.45, 7) is 4.09. The fourth-order valence-electron chi connectivity index (χ4n) is 2.45. The molecule has 1 N–H and O–H groups in total. The highest BCUT2D eigenvalue weighted by Crippen LogP contribution is 2.20. The lowest BCUT2D eigenvalue weighted by Gasteiger charge is -2.34. The molecule has 0 radical (unpaired) electrons. The van der Waals surface area contributed by atoms with Gasteiger partial charge in [-0.05, 0) is 36.6 Å². The van der Waals surface area contributed by atoms with E-state index in [4.69, 9.17) is 0 Å². The van der Waals surface area contributed by atoms with Crippen molar-refractivity contribution < 1.29 is 19.0 Å². The first kappa shape index (κ1) is 14.9. The Morgan fingerprint density at radius 1 is 1.55 bits per heavy atom. The molecule has 1 aromatic carbocycles. The van der Waals surface area contributed by atoms with Crippen LogP contribution >= 0.6 is 0 Å². The van der Waals surface area contributed by atoms with Gasteiger partial charge in [0.25, 0.3) is 0 Å². The average Bonchev–Trinajstić information content (AvgIpc) is 2.42. The van der Waals surface area contributed by atoms with E-state index in [-0.39, 0.29) is 11.7 Å². The molecule has 20 heavy (non-hydrogen) atoms. The van der Waals surface area contributed by atoms with Crippen molar-refractivity contribution in [3.8, 4) is 0 Å². The Kier molecular flexibility index (Phi) is 4.73. The minimum Gasteiger partial charge on any atom is -0.465 e. The van der Waals surface area contributed by atoms with Crippen LogP contribution in [0, 0.1) is 11.7 Å². The summed E-state index contributed by atoms with van der Waals surface area (Å²) in [6.07, 6.45) is 0.604. The molecule has 0 aromatic heterocycles. The molecule has 0 aliphatic carbocycles. The zero-order valence-corrected chi connectivity index (χ0v) is 11.8. The second-order valence-corrected chi connectivity index (χ2v) is 5.37. The molecule has 4 nitrogen and oxygen atoms in total. The van der Waals surface area contributed by atoms with Crippen LogP contribution in [0.15, 0.2) is 18.2 Å². The average molecular weight is 281 g/mol. The number of β-amino-alcohol motifs (C(OH)–C–C–N with tert-alkyl or cyclic N) is 1. The molecule has 1 heterocycles. The van der Waals surface area contributed by atoms with Crippen molar-refractivity contribution in [1.82, 2.24) is 4.90 Å². The molecule has 1 aliphatic rings. The SMILES string of the molecule is COC(=O)c1ccc(CN2CCC(C)C(O)C2)cc1F. The highest BCUT2D eigenvalue weighted by Gasteiger charge is 2.24. The first-order chi connectivity index (χ1) is 9.51. The van der Waals surface area contributed by atoms with Crippen molar-refractivity contribution in [2.75, 3.05) is 20.2 Å². The summed E-state index contributed by atoms with van der Waals surface area (Å²) < 4.78 is 18.3. The summed E-state index contributed by atoms with van der Waals surface area (Å²) in [4.78, 5) is 13.4. The monoisotopic (exact) mass is 281 g/mol. The summed E-state index contributed by atoms with van der Waals surface area (Å²) in [6, 6.07) is 4.52. The minimum absolute atomic E-state index is 0.0523. The molecular weight excluding hydrogens is 261 g/mol. The maximum Gasteiger partial charge on any atom is 0.340 e. The van der Waals surface area contributed by atoms with E-state index < -0.39 is 11.8 Å². The number of likely N-dealkylation sites (tertiary alicyclic amines) is 1. The number of carbonyl (C=O) groups is 1. The summed E-state index contributed by atoms with van der Waals surface area (Å²) in [5, 5.41) is 9.85. The number of halogens is 1. The number of rotatable bonds is 3. The van der Waals surface area contributed by atoms with Gasteiger partial charge < -0.3 is 9.84 Å². The van der Waals surface area contributed by atoms with Gasteiger partial charge in [0.05, 0.1) is 18.8 Å². The predicted octanol–water partition coefficient (Wildman–Crippen LogP) is 1.81. The number of methoxy groups -OCH3 is 1. The van der Waals surface area contributed by atoms with Crippen LogP contribution in [0.2, 0.25) is 0 Å². The minimum atomic E-state index is -0.670. The molecule has 2 atom stereocenters. The summed E-state index contributed by atoms with van der Waals surface area (Å²) >= 11 is 0. The van der Waals surface area contributed by atoms with Gasteiger partial charge in [-0.3, -0.25) is 4.90 Å². The van der Waals surface area contributed by atoms with Gasteiger partial charge >= 0.3 is 5.97 Å². The van der Waals surface area contributed by atoms with Crippen molar-refractivity contribution in [2.24, 2.45) is 5.92 Å². The molecule has 2 unspecified atom stereocenters. The normalized spacial score (nSPS) is 23.6. The van der Waals surface area contributed by atoms with Crippen LogP contribution < -0.4 is 0 Å². The van der Waals surface area contributed by atoms with Crippen molar-refractivity contribution in [1.29, 1.82) is 0 Å². The lowest BCUT2D eigenvalue weighted by Crippen LogP contribution is -2.42. The molecule has 0 saturated carbocycles. The summed E-state index contributed by atoms with van der Waals surface area (Å²) in [5.74, 6) is -0.929. The molecule has 1 fully saturated rings. The third kappa shape index (κ3) is 3.35. The molecule has 1 saturated heterocycles. The number of aliphatic hydroxyl groups excluding tert-OH is 1. The zero-order valence-electron chi connectivity index (χ0n) is 11.8. The van der Waals surface area contributed by atoms with Gasteiger partial charge in [0.2, 0.25) is 0 Å².